The van der Waals surface area contributed by atoms with Crippen molar-refractivity contribution in [2.75, 3.05) is 5.73 Å². The van der Waals surface area contributed by atoms with E-state index < -0.39 is 0 Å². The number of benzene rings is 2. The maximum Gasteiger partial charge on any atom is 0.0314 e. The molecule has 0 saturated heterocycles. The first-order chi connectivity index (χ1) is 8.24. The van der Waals surface area contributed by atoms with Crippen molar-refractivity contribution in [1.82, 2.24) is 0 Å². The van der Waals surface area contributed by atoms with Crippen LogP contribution in [0.4, 0.5) is 5.69 Å². The van der Waals surface area contributed by atoms with Gasteiger partial charge in [0, 0.05) is 23.4 Å². The summed E-state index contributed by atoms with van der Waals surface area (Å²) in [7, 11) is 0. The standard InChI is InChI=1S/C15H15NS/c16-14-8-6-13(7-9-14)11-15(17)10-12-4-2-1-3-5-12/h1-9H,10-11,16H2. The maximum atomic E-state index is 5.65. The summed E-state index contributed by atoms with van der Waals surface area (Å²) < 4.78 is 0. The van der Waals surface area contributed by atoms with E-state index in [4.69, 9.17) is 18.0 Å². The van der Waals surface area contributed by atoms with Crippen LogP contribution in [0.15, 0.2) is 54.6 Å². The minimum atomic E-state index is 0.794. The number of nitrogens with two attached hydrogens (primary N) is 1. The third-order valence-electron chi connectivity index (χ3n) is 2.63. The summed E-state index contributed by atoms with van der Waals surface area (Å²) in [4.78, 5) is 1.06. The van der Waals surface area contributed by atoms with E-state index in [1.54, 1.807) is 0 Å². The Kier molecular flexibility index (Phi) is 3.89. The highest BCUT2D eigenvalue weighted by atomic mass is 32.1. The van der Waals surface area contributed by atoms with Crippen LogP contribution in [0.1, 0.15) is 11.1 Å². The van der Waals surface area contributed by atoms with E-state index in [1.807, 2.05) is 42.5 Å². The molecule has 0 saturated carbocycles. The average molecular weight is 241 g/mol. The van der Waals surface area contributed by atoms with Crippen molar-refractivity contribution in [3.05, 3.63) is 65.7 Å². The van der Waals surface area contributed by atoms with Crippen LogP contribution in [-0.4, -0.2) is 4.86 Å². The SMILES string of the molecule is Nc1ccc(CC(=S)Cc2ccccc2)cc1. The number of thiocarbonyl (C=S) groups is 1. The molecule has 0 heterocycles. The van der Waals surface area contributed by atoms with Gasteiger partial charge >= 0.3 is 0 Å². The Balaban J connectivity index is 1.96. The van der Waals surface area contributed by atoms with Crippen LogP contribution in [0.3, 0.4) is 0 Å². The fourth-order valence-electron chi connectivity index (χ4n) is 1.75. The molecule has 2 N–H and O–H groups in total. The van der Waals surface area contributed by atoms with Crippen LogP contribution in [0.5, 0.6) is 0 Å². The van der Waals surface area contributed by atoms with Crippen molar-refractivity contribution in [2.24, 2.45) is 0 Å². The topological polar surface area (TPSA) is 26.0 Å². The summed E-state index contributed by atoms with van der Waals surface area (Å²) in [5.74, 6) is 0. The molecule has 1 nitrogen and oxygen atoms in total. The van der Waals surface area contributed by atoms with Crippen LogP contribution in [0.2, 0.25) is 0 Å². The Hall–Kier alpha value is -1.67. The molecule has 0 radical (unpaired) electrons. The van der Waals surface area contributed by atoms with Gasteiger partial charge in [0.25, 0.3) is 0 Å². The maximum absolute atomic E-state index is 5.65. The summed E-state index contributed by atoms with van der Waals surface area (Å²) in [5, 5.41) is 0. The second-order valence-electron chi connectivity index (χ2n) is 4.12. The lowest BCUT2D eigenvalue weighted by Gasteiger charge is -2.05. The van der Waals surface area contributed by atoms with Gasteiger partial charge in [0.15, 0.2) is 0 Å². The summed E-state index contributed by atoms with van der Waals surface area (Å²) in [5.41, 5.74) is 8.94. The van der Waals surface area contributed by atoms with Gasteiger partial charge in [0.1, 0.15) is 0 Å². The zero-order chi connectivity index (χ0) is 12.1. The first-order valence-corrected chi connectivity index (χ1v) is 6.05. The van der Waals surface area contributed by atoms with E-state index in [0.717, 1.165) is 23.4 Å². The average Bonchev–Trinajstić information content (AvgIpc) is 2.33. The van der Waals surface area contributed by atoms with Crippen LogP contribution < -0.4 is 5.73 Å². The molecular formula is C15H15NS. The molecule has 0 aliphatic carbocycles. The van der Waals surface area contributed by atoms with Crippen molar-refractivity contribution < 1.29 is 0 Å². The van der Waals surface area contributed by atoms with Gasteiger partial charge in [-0.05, 0) is 23.3 Å². The van der Waals surface area contributed by atoms with Crippen molar-refractivity contribution in [1.29, 1.82) is 0 Å². The van der Waals surface area contributed by atoms with Crippen molar-refractivity contribution in [3.63, 3.8) is 0 Å². The number of rotatable bonds is 4. The Labute approximate surface area is 107 Å². The minimum Gasteiger partial charge on any atom is -0.399 e. The van der Waals surface area contributed by atoms with Gasteiger partial charge in [-0.1, -0.05) is 54.7 Å². The molecule has 0 unspecified atom stereocenters. The highest BCUT2D eigenvalue weighted by molar-refractivity contribution is 7.80. The van der Waals surface area contributed by atoms with E-state index >= 15 is 0 Å². The molecule has 0 aromatic heterocycles. The van der Waals surface area contributed by atoms with Crippen LogP contribution >= 0.6 is 12.2 Å². The lowest BCUT2D eigenvalue weighted by Crippen LogP contribution is -2.04. The van der Waals surface area contributed by atoms with Gasteiger partial charge in [-0.15, -0.1) is 0 Å². The third kappa shape index (κ3) is 3.68. The largest absolute Gasteiger partial charge is 0.399 e. The van der Waals surface area contributed by atoms with E-state index in [-0.39, 0.29) is 0 Å². The molecule has 0 bridgehead atoms. The van der Waals surface area contributed by atoms with E-state index in [1.165, 1.54) is 11.1 Å². The first kappa shape index (κ1) is 11.8. The summed E-state index contributed by atoms with van der Waals surface area (Å²) in [6.07, 6.45) is 1.70. The molecule has 86 valence electrons. The summed E-state index contributed by atoms with van der Waals surface area (Å²) >= 11 is 5.42. The molecule has 2 heteroatoms. The van der Waals surface area contributed by atoms with Gasteiger partial charge < -0.3 is 5.73 Å². The van der Waals surface area contributed by atoms with Crippen molar-refractivity contribution >= 4 is 22.8 Å². The highest BCUT2D eigenvalue weighted by Crippen LogP contribution is 2.09. The fourth-order valence-corrected chi connectivity index (χ4v) is 2.08. The van der Waals surface area contributed by atoms with Crippen LogP contribution in [0, 0.1) is 0 Å². The molecule has 17 heavy (non-hydrogen) atoms. The normalized spacial score (nSPS) is 10.1. The number of nitrogen functional groups attached to an aromatic ring is 1. The quantitative estimate of drug-likeness (QED) is 0.655. The van der Waals surface area contributed by atoms with Gasteiger partial charge in [-0.2, -0.15) is 0 Å². The zero-order valence-electron chi connectivity index (χ0n) is 9.60. The molecule has 0 fully saturated rings. The smallest absolute Gasteiger partial charge is 0.0314 e. The Morgan fingerprint density at radius 3 is 1.94 bits per heavy atom. The molecule has 0 aliphatic rings. The molecule has 0 aliphatic heterocycles. The molecule has 2 rings (SSSR count). The molecular weight excluding hydrogens is 226 g/mol. The Morgan fingerprint density at radius 2 is 1.35 bits per heavy atom. The fraction of sp³-hybridized carbons (Fsp3) is 0.133. The van der Waals surface area contributed by atoms with Crippen molar-refractivity contribution in [2.45, 2.75) is 12.8 Å². The van der Waals surface area contributed by atoms with Gasteiger partial charge in [0.05, 0.1) is 0 Å². The number of hydrogen-bond acceptors (Lipinski definition) is 2. The van der Waals surface area contributed by atoms with Gasteiger partial charge in [0.2, 0.25) is 0 Å². The minimum absolute atomic E-state index is 0.794. The van der Waals surface area contributed by atoms with Crippen molar-refractivity contribution in [3.8, 4) is 0 Å². The third-order valence-corrected chi connectivity index (χ3v) is 2.91. The molecule has 2 aromatic rings. The molecule has 2 aromatic carbocycles. The molecule has 0 spiro atoms. The lowest BCUT2D eigenvalue weighted by molar-refractivity contribution is 1.25. The first-order valence-electron chi connectivity index (χ1n) is 5.64. The Morgan fingerprint density at radius 1 is 0.824 bits per heavy atom. The van der Waals surface area contributed by atoms with Crippen LogP contribution in [0.25, 0.3) is 0 Å². The molecule has 0 atom stereocenters. The second kappa shape index (κ2) is 5.60. The predicted molar refractivity (Wildman–Crippen MR) is 77.3 cm³/mol. The van der Waals surface area contributed by atoms with E-state index in [9.17, 15) is 0 Å². The van der Waals surface area contributed by atoms with E-state index in [0.29, 0.717) is 0 Å². The Bertz CT molecular complexity index is 488. The second-order valence-corrected chi connectivity index (χ2v) is 4.70. The number of anilines is 1. The highest BCUT2D eigenvalue weighted by Gasteiger charge is 2.01. The summed E-state index contributed by atoms with van der Waals surface area (Å²) in [6, 6.07) is 18.2. The number of hydrogen-bond donors (Lipinski definition) is 1. The predicted octanol–water partition coefficient (Wildman–Crippen LogP) is 3.42. The molecule has 0 amide bonds. The summed E-state index contributed by atoms with van der Waals surface area (Å²) in [6.45, 7) is 0. The van der Waals surface area contributed by atoms with E-state index in [2.05, 4.69) is 12.1 Å². The van der Waals surface area contributed by atoms with Gasteiger partial charge in [-0.25, -0.2) is 0 Å². The van der Waals surface area contributed by atoms with Crippen LogP contribution in [-0.2, 0) is 12.8 Å². The lowest BCUT2D eigenvalue weighted by atomic mass is 10.0. The monoisotopic (exact) mass is 241 g/mol. The zero-order valence-corrected chi connectivity index (χ0v) is 10.4. The van der Waals surface area contributed by atoms with Gasteiger partial charge in [-0.3, -0.25) is 0 Å².